The lowest BCUT2D eigenvalue weighted by molar-refractivity contribution is -0.115. The Bertz CT molecular complexity index is 738. The minimum Gasteiger partial charge on any atom is -0.295 e. The molecule has 0 radical (unpaired) electrons. The lowest BCUT2D eigenvalue weighted by atomic mass is 10.1. The van der Waals surface area contributed by atoms with Crippen LogP contribution in [0.5, 0.6) is 0 Å². The molecule has 5 nitrogen and oxygen atoms in total. The van der Waals surface area contributed by atoms with Crippen molar-refractivity contribution >= 4 is 29.1 Å². The minimum atomic E-state index is -0.383. The number of amides is 3. The molecule has 2 aromatic carbocycles. The first kappa shape index (κ1) is 14.0. The van der Waals surface area contributed by atoms with E-state index in [4.69, 9.17) is 0 Å². The van der Waals surface area contributed by atoms with E-state index in [0.717, 1.165) is 4.90 Å². The van der Waals surface area contributed by atoms with Crippen LogP contribution < -0.4 is 9.80 Å². The number of hydrogen-bond donors (Lipinski definition) is 0. The van der Waals surface area contributed by atoms with Gasteiger partial charge in [0.2, 0.25) is 0 Å². The summed E-state index contributed by atoms with van der Waals surface area (Å²) in [7, 11) is 0. The van der Waals surface area contributed by atoms with E-state index in [9.17, 15) is 14.4 Å². The van der Waals surface area contributed by atoms with Crippen LogP contribution in [0, 0.1) is 0 Å². The van der Waals surface area contributed by atoms with Gasteiger partial charge in [0, 0.05) is 11.3 Å². The third-order valence-electron chi connectivity index (χ3n) is 3.56. The predicted octanol–water partition coefficient (Wildman–Crippen LogP) is 2.86. The molecule has 0 atom stereocenters. The standard InChI is InChI=1S/C17H14N2O3/c1-12(20)13-7-9-15(10-8-13)19-16(21)11-18(17(19)22)14-5-3-2-4-6-14/h2-10H,11H2,1H3. The summed E-state index contributed by atoms with van der Waals surface area (Å²) in [4.78, 5) is 38.5. The molecule has 2 aromatic rings. The molecule has 0 unspecified atom stereocenters. The van der Waals surface area contributed by atoms with Gasteiger partial charge >= 0.3 is 6.03 Å². The summed E-state index contributed by atoms with van der Waals surface area (Å²) in [5, 5.41) is 0. The lowest BCUT2D eigenvalue weighted by Gasteiger charge is -2.17. The molecule has 0 spiro atoms. The van der Waals surface area contributed by atoms with E-state index >= 15 is 0 Å². The van der Waals surface area contributed by atoms with Gasteiger partial charge in [-0.15, -0.1) is 0 Å². The van der Waals surface area contributed by atoms with Crippen molar-refractivity contribution in [1.82, 2.24) is 0 Å². The highest BCUT2D eigenvalue weighted by Crippen LogP contribution is 2.26. The van der Waals surface area contributed by atoms with E-state index in [0.29, 0.717) is 16.9 Å². The first-order chi connectivity index (χ1) is 10.6. The number of imide groups is 1. The third kappa shape index (κ3) is 2.37. The van der Waals surface area contributed by atoms with Crippen LogP contribution in [-0.2, 0) is 4.79 Å². The van der Waals surface area contributed by atoms with Gasteiger partial charge in [0.15, 0.2) is 5.78 Å². The second-order valence-corrected chi connectivity index (χ2v) is 5.04. The number of carbonyl (C=O) groups excluding carboxylic acids is 3. The summed E-state index contributed by atoms with van der Waals surface area (Å²) < 4.78 is 0. The van der Waals surface area contributed by atoms with Crippen molar-refractivity contribution in [2.75, 3.05) is 16.3 Å². The van der Waals surface area contributed by atoms with Crippen LogP contribution in [0.2, 0.25) is 0 Å². The van der Waals surface area contributed by atoms with Gasteiger partial charge in [0.25, 0.3) is 5.91 Å². The smallest absolute Gasteiger partial charge is 0.295 e. The van der Waals surface area contributed by atoms with Crippen molar-refractivity contribution in [3.05, 3.63) is 60.2 Å². The number of nitrogens with zero attached hydrogens (tertiary/aromatic N) is 2. The van der Waals surface area contributed by atoms with E-state index in [-0.39, 0.29) is 24.3 Å². The quantitative estimate of drug-likeness (QED) is 0.646. The Labute approximate surface area is 127 Å². The molecule has 3 rings (SSSR count). The van der Waals surface area contributed by atoms with Crippen LogP contribution in [0.15, 0.2) is 54.6 Å². The third-order valence-corrected chi connectivity index (χ3v) is 3.56. The Balaban J connectivity index is 1.90. The van der Waals surface area contributed by atoms with E-state index in [1.807, 2.05) is 18.2 Å². The average Bonchev–Trinajstić information content (AvgIpc) is 2.83. The number of para-hydroxylation sites is 1. The highest BCUT2D eigenvalue weighted by atomic mass is 16.2. The average molecular weight is 294 g/mol. The second-order valence-electron chi connectivity index (χ2n) is 5.04. The van der Waals surface area contributed by atoms with Gasteiger partial charge in [0.05, 0.1) is 5.69 Å². The van der Waals surface area contributed by atoms with Crippen molar-refractivity contribution in [3.8, 4) is 0 Å². The number of Topliss-reactive ketones (excluding diaryl/α,β-unsaturated/α-hetero) is 1. The van der Waals surface area contributed by atoms with Crippen LogP contribution >= 0.6 is 0 Å². The summed E-state index contributed by atoms with van der Waals surface area (Å²) in [5.74, 6) is -0.346. The first-order valence-electron chi connectivity index (χ1n) is 6.88. The molecule has 1 aliphatic heterocycles. The van der Waals surface area contributed by atoms with Crippen LogP contribution in [0.1, 0.15) is 17.3 Å². The molecule has 0 bridgehead atoms. The van der Waals surface area contributed by atoms with Gasteiger partial charge in [0.1, 0.15) is 6.54 Å². The summed E-state index contributed by atoms with van der Waals surface area (Å²) in [6.07, 6.45) is 0. The fraction of sp³-hybridized carbons (Fsp3) is 0.118. The Morgan fingerprint density at radius 2 is 1.55 bits per heavy atom. The molecule has 0 aliphatic carbocycles. The van der Waals surface area contributed by atoms with Crippen LogP contribution in [0.25, 0.3) is 0 Å². The van der Waals surface area contributed by atoms with Gasteiger partial charge in [-0.2, -0.15) is 0 Å². The van der Waals surface area contributed by atoms with Gasteiger partial charge < -0.3 is 0 Å². The van der Waals surface area contributed by atoms with Gasteiger partial charge in [-0.05, 0) is 43.3 Å². The summed E-state index contributed by atoms with van der Waals surface area (Å²) in [5.41, 5.74) is 1.70. The first-order valence-corrected chi connectivity index (χ1v) is 6.88. The molecule has 3 amide bonds. The van der Waals surface area contributed by atoms with Gasteiger partial charge in [-0.3, -0.25) is 14.5 Å². The Hall–Kier alpha value is -2.95. The highest BCUT2D eigenvalue weighted by Gasteiger charge is 2.37. The predicted molar refractivity (Wildman–Crippen MR) is 83.1 cm³/mol. The number of hydrogen-bond acceptors (Lipinski definition) is 3. The number of rotatable bonds is 3. The summed E-state index contributed by atoms with van der Waals surface area (Å²) >= 11 is 0. The maximum absolute atomic E-state index is 12.5. The van der Waals surface area contributed by atoms with Crippen LogP contribution in [0.4, 0.5) is 16.2 Å². The molecule has 1 aliphatic rings. The molecule has 1 fully saturated rings. The fourth-order valence-corrected chi connectivity index (χ4v) is 2.41. The van der Waals surface area contributed by atoms with Crippen molar-refractivity contribution in [2.45, 2.75) is 6.92 Å². The number of carbonyl (C=O) groups is 3. The second kappa shape index (κ2) is 5.44. The van der Waals surface area contributed by atoms with Crippen molar-refractivity contribution < 1.29 is 14.4 Å². The molecule has 110 valence electrons. The fourth-order valence-electron chi connectivity index (χ4n) is 2.41. The maximum Gasteiger partial charge on any atom is 0.336 e. The molecular weight excluding hydrogens is 280 g/mol. The van der Waals surface area contributed by atoms with E-state index < -0.39 is 0 Å². The largest absolute Gasteiger partial charge is 0.336 e. The van der Waals surface area contributed by atoms with E-state index in [2.05, 4.69) is 0 Å². The molecule has 0 N–H and O–H groups in total. The summed E-state index contributed by atoms with van der Waals surface area (Å²) in [6, 6.07) is 15.1. The van der Waals surface area contributed by atoms with Gasteiger partial charge in [-0.25, -0.2) is 9.69 Å². The Kier molecular flexibility index (Phi) is 3.47. The highest BCUT2D eigenvalue weighted by molar-refractivity contribution is 6.27. The summed E-state index contributed by atoms with van der Waals surface area (Å²) in [6.45, 7) is 1.48. The molecular formula is C17H14N2O3. The zero-order chi connectivity index (χ0) is 15.7. The van der Waals surface area contributed by atoms with Crippen molar-refractivity contribution in [1.29, 1.82) is 0 Å². The van der Waals surface area contributed by atoms with Crippen LogP contribution in [-0.4, -0.2) is 24.3 Å². The molecule has 5 heteroatoms. The van der Waals surface area contributed by atoms with Crippen molar-refractivity contribution in [3.63, 3.8) is 0 Å². The molecule has 0 aromatic heterocycles. The van der Waals surface area contributed by atoms with Crippen molar-refractivity contribution in [2.24, 2.45) is 0 Å². The number of urea groups is 1. The molecule has 22 heavy (non-hydrogen) atoms. The normalized spacial score (nSPS) is 14.6. The topological polar surface area (TPSA) is 57.7 Å². The number of benzene rings is 2. The van der Waals surface area contributed by atoms with Crippen LogP contribution in [0.3, 0.4) is 0 Å². The van der Waals surface area contributed by atoms with E-state index in [1.54, 1.807) is 36.4 Å². The zero-order valence-corrected chi connectivity index (χ0v) is 12.0. The maximum atomic E-state index is 12.5. The van der Waals surface area contributed by atoms with E-state index in [1.165, 1.54) is 11.8 Å². The Morgan fingerprint density at radius 3 is 2.14 bits per heavy atom. The number of anilines is 2. The lowest BCUT2D eigenvalue weighted by Crippen LogP contribution is -2.32. The molecule has 1 saturated heterocycles. The van der Waals surface area contributed by atoms with Gasteiger partial charge in [-0.1, -0.05) is 18.2 Å². The number of ketones is 1. The SMILES string of the molecule is CC(=O)c1ccc(N2C(=O)CN(c3ccccc3)C2=O)cc1. The molecule has 1 heterocycles. The zero-order valence-electron chi connectivity index (χ0n) is 12.0. The monoisotopic (exact) mass is 294 g/mol. The Morgan fingerprint density at radius 1 is 0.909 bits per heavy atom. The molecule has 0 saturated carbocycles. The minimum absolute atomic E-state index is 0.0112.